The first kappa shape index (κ1) is 29.0. The van der Waals surface area contributed by atoms with Gasteiger partial charge >= 0.3 is 12.1 Å². The number of aliphatic carboxylic acids is 1. The zero-order valence-electron chi connectivity index (χ0n) is 19.8. The third-order valence-corrected chi connectivity index (χ3v) is 5.43. The van der Waals surface area contributed by atoms with Crippen molar-refractivity contribution >= 4 is 23.6 Å². The number of carboxylic acids is 1. The minimum absolute atomic E-state index is 0.0519. The average molecular weight is 559 g/mol. The van der Waals surface area contributed by atoms with E-state index in [2.05, 4.69) is 32.1 Å². The van der Waals surface area contributed by atoms with Gasteiger partial charge in [0.25, 0.3) is 18.4 Å². The Bertz CT molecular complexity index is 1330. The number of hydrogen-bond donors (Lipinski definition) is 3. The Morgan fingerprint density at radius 3 is 2.56 bits per heavy atom. The molecule has 2 heterocycles. The number of rotatable bonds is 6. The molecular formula is C23H19F6N5O5. The van der Waals surface area contributed by atoms with E-state index in [1.54, 1.807) is 6.92 Å². The number of amidine groups is 1. The number of carbonyl (C=O) groups is 2. The molecule has 1 aromatic carbocycles. The standard InChI is InChI=1S/C21H18F3N5O3.C2HF3O2/c1-2-3-6-31-17-10-26-15(9-27-17)18(30)28-11-4-5-14(22)12(7-11)21(19(23)24)13-8-16(13)32-20(25)29-21;3-2(4,5)1(6)7/h4-5,7,9-10,13,16,19H,6,8H2,1H3,(H2,25,29)(H,28,30);(H,6,7)/t13-,16+,21+;/m0./s1. The number of anilines is 1. The molecule has 4 N–H and O–H groups in total. The molecule has 10 nitrogen and oxygen atoms in total. The summed E-state index contributed by atoms with van der Waals surface area (Å²) in [7, 11) is 0. The molecule has 1 aromatic heterocycles. The second-order valence-electron chi connectivity index (χ2n) is 7.98. The van der Waals surface area contributed by atoms with Crippen molar-refractivity contribution < 1.29 is 50.5 Å². The van der Waals surface area contributed by atoms with E-state index in [1.807, 2.05) is 0 Å². The summed E-state index contributed by atoms with van der Waals surface area (Å²) in [6, 6.07) is 2.96. The number of nitrogens with one attached hydrogen (secondary N) is 1. The van der Waals surface area contributed by atoms with Gasteiger partial charge in [-0.2, -0.15) is 13.2 Å². The van der Waals surface area contributed by atoms with Gasteiger partial charge in [-0.05, 0) is 31.5 Å². The number of carbonyl (C=O) groups excluding carboxylic acids is 1. The third-order valence-electron chi connectivity index (χ3n) is 5.43. The number of nitrogens with two attached hydrogens (primary N) is 1. The highest BCUT2D eigenvalue weighted by molar-refractivity contribution is 6.02. The Balaban J connectivity index is 0.000000532. The predicted octanol–water partition coefficient (Wildman–Crippen LogP) is 3.10. The fourth-order valence-electron chi connectivity index (χ4n) is 3.60. The first-order valence-electron chi connectivity index (χ1n) is 10.9. The Morgan fingerprint density at radius 2 is 2.00 bits per heavy atom. The fraction of sp³-hybridized carbons (Fsp3) is 0.348. The minimum Gasteiger partial charge on any atom is -0.475 e. The lowest BCUT2D eigenvalue weighted by Crippen LogP contribution is -2.43. The quantitative estimate of drug-likeness (QED) is 0.361. The molecule has 0 saturated heterocycles. The second kappa shape index (κ2) is 11.5. The summed E-state index contributed by atoms with van der Waals surface area (Å²) in [5.74, 6) is 0.513. The van der Waals surface area contributed by atoms with Crippen LogP contribution in [0, 0.1) is 23.6 Å². The molecule has 0 spiro atoms. The predicted molar refractivity (Wildman–Crippen MR) is 121 cm³/mol. The zero-order chi connectivity index (χ0) is 29.0. The topological polar surface area (TPSA) is 149 Å². The highest BCUT2D eigenvalue weighted by Crippen LogP contribution is 2.56. The lowest BCUT2D eigenvalue weighted by Gasteiger charge is -2.33. The Labute approximate surface area is 216 Å². The van der Waals surface area contributed by atoms with Crippen LogP contribution in [0.2, 0.25) is 0 Å². The Hall–Kier alpha value is -4.55. The van der Waals surface area contributed by atoms with E-state index in [9.17, 15) is 31.1 Å². The number of nitrogens with zero attached hydrogens (tertiary/aromatic N) is 3. The largest absolute Gasteiger partial charge is 0.490 e. The number of halogens is 6. The number of benzene rings is 1. The van der Waals surface area contributed by atoms with Crippen LogP contribution in [0.25, 0.3) is 0 Å². The summed E-state index contributed by atoms with van der Waals surface area (Å²) < 4.78 is 85.2. The average Bonchev–Trinajstić information content (AvgIpc) is 3.64. The zero-order valence-corrected chi connectivity index (χ0v) is 19.8. The minimum atomic E-state index is -5.08. The van der Waals surface area contributed by atoms with E-state index >= 15 is 0 Å². The van der Waals surface area contributed by atoms with Gasteiger partial charge in [0.2, 0.25) is 5.88 Å². The molecule has 1 saturated carbocycles. The number of amides is 1. The summed E-state index contributed by atoms with van der Waals surface area (Å²) in [4.78, 5) is 33.1. The highest BCUT2D eigenvalue weighted by Gasteiger charge is 2.64. The molecule has 1 fully saturated rings. The molecule has 1 amide bonds. The molecule has 2 aromatic rings. The number of aromatic nitrogens is 2. The van der Waals surface area contributed by atoms with Crippen LogP contribution in [0.15, 0.2) is 35.6 Å². The molecule has 1 aliphatic carbocycles. The van der Waals surface area contributed by atoms with Gasteiger partial charge in [0.1, 0.15) is 17.6 Å². The maximum Gasteiger partial charge on any atom is 0.490 e. The molecule has 39 heavy (non-hydrogen) atoms. The maximum atomic E-state index is 14.7. The van der Waals surface area contributed by atoms with Gasteiger partial charge in [0, 0.05) is 17.2 Å². The van der Waals surface area contributed by atoms with Gasteiger partial charge in [-0.25, -0.2) is 32.9 Å². The SMILES string of the molecule is CC#CCOc1cnc(C(=O)Nc2ccc(F)c([C@@]3(C(F)F)N=C(N)O[C@@H]4C[C@@H]43)c2)cn1.O=C(O)C(F)(F)F. The third kappa shape index (κ3) is 6.67. The Morgan fingerprint density at radius 1 is 1.31 bits per heavy atom. The lowest BCUT2D eigenvalue weighted by atomic mass is 9.84. The summed E-state index contributed by atoms with van der Waals surface area (Å²) in [5.41, 5.74) is 3.06. The van der Waals surface area contributed by atoms with Gasteiger partial charge in [-0.3, -0.25) is 4.79 Å². The van der Waals surface area contributed by atoms with Crippen molar-refractivity contribution in [2.75, 3.05) is 11.9 Å². The molecule has 16 heteroatoms. The van der Waals surface area contributed by atoms with E-state index < -0.39 is 53.9 Å². The van der Waals surface area contributed by atoms with Crippen molar-refractivity contribution in [3.63, 3.8) is 0 Å². The van der Waals surface area contributed by atoms with Crippen molar-refractivity contribution in [1.29, 1.82) is 0 Å². The Kier molecular flexibility index (Phi) is 8.52. The number of aliphatic imine (C=N–C) groups is 1. The smallest absolute Gasteiger partial charge is 0.475 e. The van der Waals surface area contributed by atoms with Crippen molar-refractivity contribution in [2.45, 2.75) is 37.6 Å². The summed E-state index contributed by atoms with van der Waals surface area (Å²) in [6.45, 7) is 1.79. The molecule has 208 valence electrons. The van der Waals surface area contributed by atoms with Gasteiger partial charge in [-0.1, -0.05) is 5.92 Å². The van der Waals surface area contributed by atoms with E-state index in [0.717, 1.165) is 12.1 Å². The monoisotopic (exact) mass is 559 g/mol. The molecule has 0 unspecified atom stereocenters. The fourth-order valence-corrected chi connectivity index (χ4v) is 3.60. The van der Waals surface area contributed by atoms with E-state index in [-0.39, 0.29) is 35.9 Å². The summed E-state index contributed by atoms with van der Waals surface area (Å²) in [5, 5.41) is 9.63. The van der Waals surface area contributed by atoms with Gasteiger partial charge in [-0.15, -0.1) is 5.92 Å². The van der Waals surface area contributed by atoms with Crippen LogP contribution < -0.4 is 15.8 Å². The van der Waals surface area contributed by atoms with Crippen LogP contribution in [-0.2, 0) is 15.1 Å². The van der Waals surface area contributed by atoms with E-state index in [1.165, 1.54) is 18.5 Å². The molecular weight excluding hydrogens is 540 g/mol. The van der Waals surface area contributed by atoms with Gasteiger partial charge < -0.3 is 25.6 Å². The number of alkyl halides is 5. The van der Waals surface area contributed by atoms with Crippen LogP contribution >= 0.6 is 0 Å². The van der Waals surface area contributed by atoms with Gasteiger partial charge in [0.05, 0.1) is 12.4 Å². The summed E-state index contributed by atoms with van der Waals surface area (Å²) >= 11 is 0. The normalized spacial score (nSPS) is 21.1. The van der Waals surface area contributed by atoms with Crippen LogP contribution in [0.4, 0.5) is 32.0 Å². The number of ether oxygens (including phenoxy) is 2. The molecule has 4 rings (SSSR count). The second-order valence-corrected chi connectivity index (χ2v) is 7.98. The molecule has 1 aliphatic heterocycles. The number of carboxylic acid groups (broad SMARTS) is 1. The van der Waals surface area contributed by atoms with E-state index in [0.29, 0.717) is 0 Å². The lowest BCUT2D eigenvalue weighted by molar-refractivity contribution is -0.192. The van der Waals surface area contributed by atoms with E-state index in [4.69, 9.17) is 25.1 Å². The van der Waals surface area contributed by atoms with Crippen LogP contribution in [-0.4, -0.2) is 58.3 Å². The first-order valence-corrected chi connectivity index (χ1v) is 10.9. The van der Waals surface area contributed by atoms with Crippen LogP contribution in [0.1, 0.15) is 29.4 Å². The van der Waals surface area contributed by atoms with Crippen LogP contribution in [0.3, 0.4) is 0 Å². The van der Waals surface area contributed by atoms with Crippen LogP contribution in [0.5, 0.6) is 5.88 Å². The van der Waals surface area contributed by atoms with Crippen molar-refractivity contribution in [3.05, 3.63) is 47.7 Å². The molecule has 0 bridgehead atoms. The van der Waals surface area contributed by atoms with Gasteiger partial charge in [0.15, 0.2) is 12.1 Å². The van der Waals surface area contributed by atoms with Crippen molar-refractivity contribution in [1.82, 2.24) is 9.97 Å². The molecule has 2 aliphatic rings. The molecule has 3 atom stereocenters. The first-order chi connectivity index (χ1) is 18.3. The summed E-state index contributed by atoms with van der Waals surface area (Å²) in [6.07, 6.45) is -5.94. The molecule has 0 radical (unpaired) electrons. The highest BCUT2D eigenvalue weighted by atomic mass is 19.4. The number of hydrogen-bond acceptors (Lipinski definition) is 8. The van der Waals surface area contributed by atoms with Crippen molar-refractivity contribution in [2.24, 2.45) is 16.6 Å². The van der Waals surface area contributed by atoms with Crippen molar-refractivity contribution in [3.8, 4) is 17.7 Å². The maximum absolute atomic E-state index is 14.7. The number of fused-ring (bicyclic) bond motifs is 1.